The molecule has 1 aromatic rings. The van der Waals surface area contributed by atoms with E-state index in [4.69, 9.17) is 9.26 Å². The van der Waals surface area contributed by atoms with Crippen LogP contribution < -0.4 is 0 Å². The summed E-state index contributed by atoms with van der Waals surface area (Å²) in [4.78, 5) is 16.6. The smallest absolute Gasteiger partial charge is 0.276 e. The Morgan fingerprint density at radius 1 is 1.50 bits per heavy atom. The Kier molecular flexibility index (Phi) is 4.03. The lowest BCUT2D eigenvalue weighted by atomic mass is 10.2. The number of amides is 1. The molecule has 2 heterocycles. The Labute approximate surface area is 118 Å². The molecule has 3 rings (SSSR count). The van der Waals surface area contributed by atoms with Crippen LogP contribution in [0.3, 0.4) is 0 Å². The van der Waals surface area contributed by atoms with Gasteiger partial charge in [0.25, 0.3) is 5.91 Å². The number of hydrogen-bond acceptors (Lipinski definition) is 5. The highest BCUT2D eigenvalue weighted by molar-refractivity contribution is 5.92. The van der Waals surface area contributed by atoms with Gasteiger partial charge >= 0.3 is 0 Å². The van der Waals surface area contributed by atoms with Gasteiger partial charge in [0.2, 0.25) is 0 Å². The van der Waals surface area contributed by atoms with Gasteiger partial charge in [0.1, 0.15) is 6.26 Å². The van der Waals surface area contributed by atoms with Crippen LogP contribution in [0.2, 0.25) is 0 Å². The number of rotatable bonds is 5. The van der Waals surface area contributed by atoms with E-state index in [1.165, 1.54) is 19.1 Å². The SMILES string of the molecule is CN1CCO[C@@H](CN(CC2CC2)C(=O)c2ccon2)C1. The number of morpholine rings is 1. The van der Waals surface area contributed by atoms with Gasteiger partial charge in [0.15, 0.2) is 5.69 Å². The quantitative estimate of drug-likeness (QED) is 0.800. The van der Waals surface area contributed by atoms with Crippen LogP contribution in [0, 0.1) is 5.92 Å². The molecule has 1 atom stereocenters. The monoisotopic (exact) mass is 279 g/mol. The summed E-state index contributed by atoms with van der Waals surface area (Å²) >= 11 is 0. The topological polar surface area (TPSA) is 58.8 Å². The predicted molar refractivity (Wildman–Crippen MR) is 72.4 cm³/mol. The van der Waals surface area contributed by atoms with E-state index in [1.54, 1.807) is 6.07 Å². The van der Waals surface area contributed by atoms with Gasteiger partial charge in [-0.1, -0.05) is 5.16 Å². The minimum absolute atomic E-state index is 0.0533. The highest BCUT2D eigenvalue weighted by Crippen LogP contribution is 2.30. The van der Waals surface area contributed by atoms with Crippen molar-refractivity contribution >= 4 is 5.91 Å². The summed E-state index contributed by atoms with van der Waals surface area (Å²) in [6.07, 6.45) is 3.96. The Morgan fingerprint density at radius 3 is 3.00 bits per heavy atom. The van der Waals surface area contributed by atoms with Crippen molar-refractivity contribution in [2.45, 2.75) is 18.9 Å². The van der Waals surface area contributed by atoms with Gasteiger partial charge in [0.05, 0.1) is 12.7 Å². The van der Waals surface area contributed by atoms with Crippen LogP contribution >= 0.6 is 0 Å². The lowest BCUT2D eigenvalue weighted by Crippen LogP contribution is -2.48. The van der Waals surface area contributed by atoms with Crippen LogP contribution in [0.5, 0.6) is 0 Å². The molecule has 20 heavy (non-hydrogen) atoms. The van der Waals surface area contributed by atoms with E-state index in [2.05, 4.69) is 17.1 Å². The molecule has 0 bridgehead atoms. The molecule has 1 amide bonds. The zero-order valence-corrected chi connectivity index (χ0v) is 11.8. The molecule has 2 aliphatic rings. The second-order valence-electron chi connectivity index (χ2n) is 5.79. The van der Waals surface area contributed by atoms with Crippen LogP contribution in [0.4, 0.5) is 0 Å². The van der Waals surface area contributed by atoms with Gasteiger partial charge in [-0.05, 0) is 25.8 Å². The molecule has 1 saturated heterocycles. The first-order chi connectivity index (χ1) is 9.72. The number of aromatic nitrogens is 1. The highest BCUT2D eigenvalue weighted by atomic mass is 16.5. The molecule has 110 valence electrons. The Hall–Kier alpha value is -1.40. The third-order valence-corrected chi connectivity index (χ3v) is 3.89. The van der Waals surface area contributed by atoms with Crippen LogP contribution in [0.15, 0.2) is 16.9 Å². The molecular weight excluding hydrogens is 258 g/mol. The van der Waals surface area contributed by atoms with Crippen molar-refractivity contribution in [1.82, 2.24) is 15.0 Å². The van der Waals surface area contributed by atoms with Crippen molar-refractivity contribution < 1.29 is 14.1 Å². The first kappa shape index (κ1) is 13.6. The summed E-state index contributed by atoms with van der Waals surface area (Å²) in [7, 11) is 2.08. The fourth-order valence-corrected chi connectivity index (χ4v) is 2.56. The average molecular weight is 279 g/mol. The van der Waals surface area contributed by atoms with E-state index >= 15 is 0 Å². The third kappa shape index (κ3) is 3.37. The van der Waals surface area contributed by atoms with Crippen molar-refractivity contribution in [3.63, 3.8) is 0 Å². The molecular formula is C14H21N3O3. The van der Waals surface area contributed by atoms with E-state index in [9.17, 15) is 4.79 Å². The van der Waals surface area contributed by atoms with Gasteiger partial charge in [-0.3, -0.25) is 4.79 Å². The van der Waals surface area contributed by atoms with Crippen LogP contribution in [-0.4, -0.2) is 66.8 Å². The van der Waals surface area contributed by atoms with E-state index in [0.29, 0.717) is 18.2 Å². The molecule has 1 saturated carbocycles. The number of ether oxygens (including phenoxy) is 1. The number of carbonyl (C=O) groups excluding carboxylic acids is 1. The molecule has 0 radical (unpaired) electrons. The van der Waals surface area contributed by atoms with Gasteiger partial charge < -0.3 is 19.1 Å². The first-order valence-electron chi connectivity index (χ1n) is 7.22. The second-order valence-corrected chi connectivity index (χ2v) is 5.79. The second kappa shape index (κ2) is 5.93. The van der Waals surface area contributed by atoms with Crippen molar-refractivity contribution in [3.8, 4) is 0 Å². The standard InChI is InChI=1S/C14H21N3O3/c1-16-5-7-19-12(9-16)10-17(8-11-2-3-11)14(18)13-4-6-20-15-13/h4,6,11-12H,2-3,5,7-10H2,1H3/t12-/m1/s1. The largest absolute Gasteiger partial charge is 0.374 e. The molecule has 1 aliphatic carbocycles. The van der Waals surface area contributed by atoms with Crippen molar-refractivity contribution in [3.05, 3.63) is 18.0 Å². The Bertz CT molecular complexity index is 445. The normalized spacial score (nSPS) is 23.8. The highest BCUT2D eigenvalue weighted by Gasteiger charge is 2.31. The molecule has 0 spiro atoms. The molecule has 0 unspecified atom stereocenters. The van der Waals surface area contributed by atoms with E-state index in [1.807, 2.05) is 4.90 Å². The van der Waals surface area contributed by atoms with Crippen LogP contribution in [0.25, 0.3) is 0 Å². The summed E-state index contributed by atoms with van der Waals surface area (Å²) in [6, 6.07) is 1.62. The maximum Gasteiger partial charge on any atom is 0.276 e. The summed E-state index contributed by atoms with van der Waals surface area (Å²) in [5, 5.41) is 3.76. The summed E-state index contributed by atoms with van der Waals surface area (Å²) in [6.45, 7) is 3.99. The lowest BCUT2D eigenvalue weighted by molar-refractivity contribution is -0.0332. The van der Waals surface area contributed by atoms with Crippen molar-refractivity contribution in [2.24, 2.45) is 5.92 Å². The number of likely N-dealkylation sites (N-methyl/N-ethyl adjacent to an activating group) is 1. The van der Waals surface area contributed by atoms with Crippen LogP contribution in [-0.2, 0) is 4.74 Å². The van der Waals surface area contributed by atoms with Crippen LogP contribution in [0.1, 0.15) is 23.3 Å². The van der Waals surface area contributed by atoms with Gasteiger partial charge in [0, 0.05) is 32.2 Å². The zero-order chi connectivity index (χ0) is 13.9. The minimum Gasteiger partial charge on any atom is -0.374 e. The third-order valence-electron chi connectivity index (χ3n) is 3.89. The summed E-state index contributed by atoms with van der Waals surface area (Å²) in [5.41, 5.74) is 0.384. The maximum absolute atomic E-state index is 12.5. The zero-order valence-electron chi connectivity index (χ0n) is 11.8. The number of nitrogens with zero attached hydrogens (tertiary/aromatic N) is 3. The average Bonchev–Trinajstić information content (AvgIpc) is 3.08. The molecule has 0 aromatic carbocycles. The van der Waals surface area contributed by atoms with Gasteiger partial charge in [-0.2, -0.15) is 0 Å². The molecule has 1 aliphatic heterocycles. The summed E-state index contributed by atoms with van der Waals surface area (Å²) < 4.78 is 10.5. The first-order valence-corrected chi connectivity index (χ1v) is 7.22. The number of carbonyl (C=O) groups is 1. The fraction of sp³-hybridized carbons (Fsp3) is 0.714. The van der Waals surface area contributed by atoms with Gasteiger partial charge in [-0.15, -0.1) is 0 Å². The maximum atomic E-state index is 12.5. The van der Waals surface area contributed by atoms with Gasteiger partial charge in [-0.25, -0.2) is 0 Å². The molecule has 1 aromatic heterocycles. The fourth-order valence-electron chi connectivity index (χ4n) is 2.56. The lowest BCUT2D eigenvalue weighted by Gasteiger charge is -2.33. The minimum atomic E-state index is -0.0533. The molecule has 0 N–H and O–H groups in total. The van der Waals surface area contributed by atoms with Crippen molar-refractivity contribution in [2.75, 3.05) is 39.8 Å². The molecule has 6 nitrogen and oxygen atoms in total. The Morgan fingerprint density at radius 2 is 2.35 bits per heavy atom. The Balaban J connectivity index is 1.64. The van der Waals surface area contributed by atoms with E-state index < -0.39 is 0 Å². The predicted octanol–water partition coefficient (Wildman–Crippen LogP) is 0.857. The number of hydrogen-bond donors (Lipinski definition) is 0. The van der Waals surface area contributed by atoms with E-state index in [-0.39, 0.29) is 12.0 Å². The summed E-state index contributed by atoms with van der Waals surface area (Å²) in [5.74, 6) is 0.592. The van der Waals surface area contributed by atoms with Crippen molar-refractivity contribution in [1.29, 1.82) is 0 Å². The van der Waals surface area contributed by atoms with E-state index in [0.717, 1.165) is 26.2 Å². The molecule has 2 fully saturated rings. The molecule has 6 heteroatoms.